The van der Waals surface area contributed by atoms with Crippen LogP contribution in [0.4, 0.5) is 4.39 Å². The van der Waals surface area contributed by atoms with Crippen molar-refractivity contribution in [2.24, 2.45) is 0 Å². The third kappa shape index (κ3) is 1.57. The standard InChI is InChI=1S/C10H8FNO3/c11-5-1-2-6-7(9(13)10(14)15)4-12-8(6)3-5/h1-4,9,12-13H,(H,14,15). The summed E-state index contributed by atoms with van der Waals surface area (Å²) >= 11 is 0. The highest BCUT2D eigenvalue weighted by molar-refractivity contribution is 5.88. The Morgan fingerprint density at radius 3 is 2.87 bits per heavy atom. The number of H-pyrrole nitrogens is 1. The summed E-state index contributed by atoms with van der Waals surface area (Å²) in [4.78, 5) is 13.3. The Hall–Kier alpha value is -1.88. The van der Waals surface area contributed by atoms with E-state index in [4.69, 9.17) is 5.11 Å². The van der Waals surface area contributed by atoms with Crippen LogP contribution in [0, 0.1) is 5.82 Å². The molecule has 1 aromatic heterocycles. The number of hydrogen-bond acceptors (Lipinski definition) is 2. The molecule has 0 amide bonds. The van der Waals surface area contributed by atoms with Crippen LogP contribution in [0.3, 0.4) is 0 Å². The van der Waals surface area contributed by atoms with E-state index in [1.54, 1.807) is 0 Å². The molecule has 78 valence electrons. The van der Waals surface area contributed by atoms with E-state index in [0.29, 0.717) is 10.9 Å². The highest BCUT2D eigenvalue weighted by Crippen LogP contribution is 2.24. The van der Waals surface area contributed by atoms with Crippen molar-refractivity contribution in [1.29, 1.82) is 0 Å². The van der Waals surface area contributed by atoms with Gasteiger partial charge >= 0.3 is 5.97 Å². The Bertz CT molecular complexity index is 520. The van der Waals surface area contributed by atoms with Crippen molar-refractivity contribution < 1.29 is 19.4 Å². The van der Waals surface area contributed by atoms with Gasteiger partial charge in [0.1, 0.15) is 5.82 Å². The zero-order chi connectivity index (χ0) is 11.0. The zero-order valence-electron chi connectivity index (χ0n) is 7.57. The number of carbonyl (C=O) groups is 1. The minimum absolute atomic E-state index is 0.234. The molecule has 0 aliphatic heterocycles. The Morgan fingerprint density at radius 2 is 2.20 bits per heavy atom. The Kier molecular flexibility index (Phi) is 2.17. The van der Waals surface area contributed by atoms with E-state index in [-0.39, 0.29) is 5.56 Å². The number of aromatic amines is 1. The predicted octanol–water partition coefficient (Wildman–Crippen LogP) is 1.43. The molecule has 15 heavy (non-hydrogen) atoms. The topological polar surface area (TPSA) is 73.3 Å². The number of carboxylic acids is 1. The van der Waals surface area contributed by atoms with Crippen molar-refractivity contribution >= 4 is 16.9 Å². The van der Waals surface area contributed by atoms with Gasteiger partial charge in [-0.3, -0.25) is 0 Å². The number of benzene rings is 1. The maximum Gasteiger partial charge on any atom is 0.337 e. The molecular formula is C10H8FNO3. The average Bonchev–Trinajstić information content (AvgIpc) is 2.59. The van der Waals surface area contributed by atoms with Crippen LogP contribution in [-0.2, 0) is 4.79 Å². The summed E-state index contributed by atoms with van der Waals surface area (Å²) in [5.41, 5.74) is 0.697. The second-order valence-corrected chi connectivity index (χ2v) is 3.17. The molecule has 0 aliphatic carbocycles. The predicted molar refractivity (Wildman–Crippen MR) is 50.9 cm³/mol. The lowest BCUT2D eigenvalue weighted by Gasteiger charge is -2.02. The number of aromatic nitrogens is 1. The normalized spacial score (nSPS) is 12.9. The van der Waals surface area contributed by atoms with Crippen LogP contribution >= 0.6 is 0 Å². The Balaban J connectivity index is 2.59. The van der Waals surface area contributed by atoms with Crippen LogP contribution < -0.4 is 0 Å². The molecule has 5 heteroatoms. The molecule has 1 atom stereocenters. The number of aliphatic hydroxyl groups excluding tert-OH is 1. The van der Waals surface area contributed by atoms with Crippen LogP contribution in [0.5, 0.6) is 0 Å². The van der Waals surface area contributed by atoms with Crippen molar-refractivity contribution in [3.8, 4) is 0 Å². The van der Waals surface area contributed by atoms with Crippen molar-refractivity contribution in [3.63, 3.8) is 0 Å². The van der Waals surface area contributed by atoms with Gasteiger partial charge in [0, 0.05) is 22.7 Å². The third-order valence-electron chi connectivity index (χ3n) is 2.20. The van der Waals surface area contributed by atoms with Gasteiger partial charge in [0.2, 0.25) is 0 Å². The molecule has 0 aliphatic rings. The van der Waals surface area contributed by atoms with E-state index in [0.717, 1.165) is 0 Å². The number of hydrogen-bond donors (Lipinski definition) is 3. The first-order valence-electron chi connectivity index (χ1n) is 4.27. The van der Waals surface area contributed by atoms with Crippen LogP contribution in [-0.4, -0.2) is 21.2 Å². The van der Waals surface area contributed by atoms with Gasteiger partial charge in [-0.2, -0.15) is 0 Å². The van der Waals surface area contributed by atoms with Crippen molar-refractivity contribution in [2.75, 3.05) is 0 Å². The van der Waals surface area contributed by atoms with Gasteiger partial charge in [-0.15, -0.1) is 0 Å². The maximum absolute atomic E-state index is 12.8. The quantitative estimate of drug-likeness (QED) is 0.700. The molecule has 2 aromatic rings. The lowest BCUT2D eigenvalue weighted by molar-refractivity contribution is -0.146. The highest BCUT2D eigenvalue weighted by atomic mass is 19.1. The van der Waals surface area contributed by atoms with Crippen LogP contribution in [0.1, 0.15) is 11.7 Å². The van der Waals surface area contributed by atoms with E-state index in [1.807, 2.05) is 0 Å². The first-order valence-corrected chi connectivity index (χ1v) is 4.27. The molecule has 1 unspecified atom stereocenters. The first kappa shape index (κ1) is 9.67. The smallest absolute Gasteiger partial charge is 0.337 e. The second-order valence-electron chi connectivity index (χ2n) is 3.17. The molecule has 0 radical (unpaired) electrons. The fraction of sp³-hybridized carbons (Fsp3) is 0.100. The molecule has 3 N–H and O–H groups in total. The molecule has 1 aromatic carbocycles. The summed E-state index contributed by atoms with van der Waals surface area (Å²) in [6.45, 7) is 0. The van der Waals surface area contributed by atoms with Crippen LogP contribution in [0.2, 0.25) is 0 Å². The largest absolute Gasteiger partial charge is 0.479 e. The molecule has 4 nitrogen and oxygen atoms in total. The summed E-state index contributed by atoms with van der Waals surface area (Å²) in [5, 5.41) is 18.5. The SMILES string of the molecule is O=C(O)C(O)c1c[nH]c2cc(F)ccc12. The van der Waals surface area contributed by atoms with E-state index < -0.39 is 17.9 Å². The van der Waals surface area contributed by atoms with Crippen LogP contribution in [0.25, 0.3) is 10.9 Å². The summed E-state index contributed by atoms with van der Waals surface area (Å²) in [5.74, 6) is -1.75. The molecule has 0 bridgehead atoms. The fourth-order valence-electron chi connectivity index (χ4n) is 1.48. The minimum Gasteiger partial charge on any atom is -0.479 e. The molecule has 0 spiro atoms. The van der Waals surface area contributed by atoms with Gasteiger partial charge in [-0.05, 0) is 18.2 Å². The summed E-state index contributed by atoms with van der Waals surface area (Å²) in [6.07, 6.45) is -0.229. The highest BCUT2D eigenvalue weighted by Gasteiger charge is 2.19. The van der Waals surface area contributed by atoms with Gasteiger partial charge in [0.15, 0.2) is 6.10 Å². The number of aliphatic hydroxyl groups is 1. The second kappa shape index (κ2) is 3.36. The Morgan fingerprint density at radius 1 is 1.47 bits per heavy atom. The zero-order valence-corrected chi connectivity index (χ0v) is 7.57. The molecule has 1 heterocycles. The van der Waals surface area contributed by atoms with Crippen LogP contribution in [0.15, 0.2) is 24.4 Å². The van der Waals surface area contributed by atoms with Gasteiger partial charge in [0.25, 0.3) is 0 Å². The number of nitrogens with one attached hydrogen (secondary N) is 1. The maximum atomic E-state index is 12.8. The van der Waals surface area contributed by atoms with Gasteiger partial charge < -0.3 is 15.2 Å². The van der Waals surface area contributed by atoms with E-state index in [9.17, 15) is 14.3 Å². The number of rotatable bonds is 2. The first-order chi connectivity index (χ1) is 7.09. The van der Waals surface area contributed by atoms with Gasteiger partial charge in [-0.25, -0.2) is 9.18 Å². The van der Waals surface area contributed by atoms with Crippen molar-refractivity contribution in [3.05, 3.63) is 35.8 Å². The number of aliphatic carboxylic acids is 1. The Labute approximate surface area is 84.0 Å². The molecular weight excluding hydrogens is 201 g/mol. The van der Waals surface area contributed by atoms with Crippen molar-refractivity contribution in [1.82, 2.24) is 4.98 Å². The average molecular weight is 209 g/mol. The van der Waals surface area contributed by atoms with Gasteiger partial charge in [-0.1, -0.05) is 0 Å². The van der Waals surface area contributed by atoms with E-state index in [1.165, 1.54) is 24.4 Å². The van der Waals surface area contributed by atoms with E-state index >= 15 is 0 Å². The monoisotopic (exact) mass is 209 g/mol. The van der Waals surface area contributed by atoms with Crippen molar-refractivity contribution in [2.45, 2.75) is 6.10 Å². The summed E-state index contributed by atoms with van der Waals surface area (Å²) < 4.78 is 12.8. The molecule has 0 saturated carbocycles. The molecule has 2 rings (SSSR count). The minimum atomic E-state index is -1.59. The number of carboxylic acid groups (broad SMARTS) is 1. The number of fused-ring (bicyclic) bond motifs is 1. The molecule has 0 fully saturated rings. The summed E-state index contributed by atoms with van der Waals surface area (Å²) in [7, 11) is 0. The van der Waals surface area contributed by atoms with Gasteiger partial charge in [0.05, 0.1) is 0 Å². The number of halogens is 1. The fourth-order valence-corrected chi connectivity index (χ4v) is 1.48. The van der Waals surface area contributed by atoms with E-state index in [2.05, 4.69) is 4.98 Å². The molecule has 0 saturated heterocycles. The lowest BCUT2D eigenvalue weighted by Crippen LogP contribution is -2.09. The summed E-state index contributed by atoms with van der Waals surface area (Å²) in [6, 6.07) is 3.89. The lowest BCUT2D eigenvalue weighted by atomic mass is 10.1. The third-order valence-corrected chi connectivity index (χ3v) is 2.20.